The number of nitrogen functional groups attached to an aromatic ring is 1. The van der Waals surface area contributed by atoms with Crippen molar-refractivity contribution in [3.63, 3.8) is 0 Å². The summed E-state index contributed by atoms with van der Waals surface area (Å²) < 4.78 is 14.7. The summed E-state index contributed by atoms with van der Waals surface area (Å²) in [6, 6.07) is 9.82. The van der Waals surface area contributed by atoms with E-state index in [1.54, 1.807) is 12.1 Å². The highest BCUT2D eigenvalue weighted by Crippen LogP contribution is 2.38. The third-order valence-corrected chi connectivity index (χ3v) is 5.75. The first-order valence-electron chi connectivity index (χ1n) is 8.84. The second kappa shape index (κ2) is 7.61. The Labute approximate surface area is 174 Å². The van der Waals surface area contributed by atoms with Crippen LogP contribution in [0, 0.1) is 12.7 Å². The predicted molar refractivity (Wildman–Crippen MR) is 119 cm³/mol. The van der Waals surface area contributed by atoms with E-state index in [-0.39, 0.29) is 12.2 Å². The average Bonchev–Trinajstić information content (AvgIpc) is 2.70. The van der Waals surface area contributed by atoms with E-state index in [1.165, 1.54) is 22.7 Å². The summed E-state index contributed by atoms with van der Waals surface area (Å²) in [6.45, 7) is 2.21. The van der Waals surface area contributed by atoms with Crippen molar-refractivity contribution >= 4 is 49.5 Å². The minimum atomic E-state index is -0.508. The van der Waals surface area contributed by atoms with Gasteiger partial charge in [0.15, 0.2) is 11.0 Å². The maximum absolute atomic E-state index is 14.7. The number of halogens is 1. The molecule has 3 aromatic rings. The first kappa shape index (κ1) is 19.6. The number of hydrogen-bond donors (Lipinski definition) is 2. The van der Waals surface area contributed by atoms with Crippen LogP contribution in [0.4, 0.5) is 26.4 Å². The fourth-order valence-corrected chi connectivity index (χ4v) is 4.06. The van der Waals surface area contributed by atoms with Gasteiger partial charge in [-0.25, -0.2) is 24.1 Å². The largest absolute Gasteiger partial charge is 0.399 e. The molecule has 4 rings (SSSR count). The van der Waals surface area contributed by atoms with Gasteiger partial charge in [-0.2, -0.15) is 0 Å². The fourth-order valence-electron chi connectivity index (χ4n) is 3.32. The normalized spacial score (nSPS) is 13.2. The second-order valence-electron chi connectivity index (χ2n) is 6.61. The van der Waals surface area contributed by atoms with Crippen molar-refractivity contribution in [1.29, 1.82) is 0 Å². The van der Waals surface area contributed by atoms with Crippen LogP contribution >= 0.6 is 21.0 Å². The third kappa shape index (κ3) is 3.43. The Kier molecular flexibility index (Phi) is 5.15. The molecule has 0 aliphatic carbocycles. The number of amides is 2. The maximum atomic E-state index is 14.7. The molecule has 0 saturated carbocycles. The summed E-state index contributed by atoms with van der Waals surface area (Å²) in [5.74, 6) is -0.134. The number of aryl methyl sites for hydroxylation is 1. The minimum Gasteiger partial charge on any atom is -0.399 e. The number of thioether (sulfide) groups is 1. The van der Waals surface area contributed by atoms with E-state index < -0.39 is 11.8 Å². The molecule has 0 radical (unpaired) electrons. The van der Waals surface area contributed by atoms with Crippen LogP contribution in [0.1, 0.15) is 11.1 Å². The van der Waals surface area contributed by atoms with Gasteiger partial charge in [0.1, 0.15) is 5.82 Å². The number of nitrogens with zero attached hydrogens (tertiary/aromatic N) is 3. The molecule has 1 atom stereocenters. The zero-order valence-corrected chi connectivity index (χ0v) is 17.8. The van der Waals surface area contributed by atoms with Gasteiger partial charge in [0.2, 0.25) is 0 Å². The van der Waals surface area contributed by atoms with Crippen LogP contribution in [-0.4, -0.2) is 22.3 Å². The molecule has 0 saturated heterocycles. The number of nitrogens with one attached hydrogen (secondary N) is 1. The van der Waals surface area contributed by atoms with Crippen molar-refractivity contribution in [1.82, 2.24) is 15.3 Å². The lowest BCUT2D eigenvalue weighted by Gasteiger charge is -2.31. The number of carbonyl (C=O) groups is 1. The van der Waals surface area contributed by atoms with Crippen molar-refractivity contribution < 1.29 is 9.18 Å². The Morgan fingerprint density at radius 2 is 2.07 bits per heavy atom. The molecule has 2 amide bonds. The molecule has 0 bridgehead atoms. The molecule has 3 N–H and O–H groups in total. The highest BCUT2D eigenvalue weighted by atomic mass is 32.2. The highest BCUT2D eigenvalue weighted by molar-refractivity contribution is 7.98. The van der Waals surface area contributed by atoms with Crippen LogP contribution < -0.4 is 21.3 Å². The number of carbonyl (C=O) groups excluding carboxylic acids is 1. The van der Waals surface area contributed by atoms with Crippen molar-refractivity contribution in [3.8, 4) is 11.3 Å². The fraction of sp³-hybridized carbons (Fsp3) is 0.150. The summed E-state index contributed by atoms with van der Waals surface area (Å²) in [7, 11) is 2.47. The number of nitrogens with two attached hydrogens (primary N) is 1. The monoisotopic (exact) mass is 427 g/mol. The SMILES string of the molecule is CSc1nc(-c2cc(N)ccc2C)c2c(n1)N(c1c(F)cccc1P)C(=O)NC2. The van der Waals surface area contributed by atoms with Gasteiger partial charge in [0.05, 0.1) is 17.9 Å². The molecule has 29 heavy (non-hydrogen) atoms. The van der Waals surface area contributed by atoms with Crippen molar-refractivity contribution in [3.05, 3.63) is 53.3 Å². The lowest BCUT2D eigenvalue weighted by molar-refractivity contribution is 0.246. The molecule has 1 aromatic heterocycles. The molecular weight excluding hydrogens is 408 g/mol. The topological polar surface area (TPSA) is 84.1 Å². The number of aromatic nitrogens is 2. The van der Waals surface area contributed by atoms with Crippen LogP contribution in [-0.2, 0) is 6.54 Å². The molecule has 1 aliphatic rings. The first-order chi connectivity index (χ1) is 13.9. The quantitative estimate of drug-likeness (QED) is 0.288. The molecule has 148 valence electrons. The average molecular weight is 427 g/mol. The second-order valence-corrected chi connectivity index (χ2v) is 8.00. The summed E-state index contributed by atoms with van der Waals surface area (Å²) >= 11 is 1.36. The lowest BCUT2D eigenvalue weighted by atomic mass is 9.99. The van der Waals surface area contributed by atoms with Crippen LogP contribution in [0.15, 0.2) is 41.6 Å². The predicted octanol–water partition coefficient (Wildman–Crippen LogP) is 3.76. The van der Waals surface area contributed by atoms with Gasteiger partial charge in [-0.1, -0.05) is 30.0 Å². The van der Waals surface area contributed by atoms with Crippen LogP contribution in [0.5, 0.6) is 0 Å². The number of rotatable bonds is 3. The van der Waals surface area contributed by atoms with Crippen molar-refractivity contribution in [2.45, 2.75) is 18.6 Å². The summed E-state index contributed by atoms with van der Waals surface area (Å²) in [6.07, 6.45) is 1.86. The Morgan fingerprint density at radius 3 is 2.79 bits per heavy atom. The molecule has 9 heteroatoms. The van der Waals surface area contributed by atoms with E-state index in [2.05, 4.69) is 19.5 Å². The van der Waals surface area contributed by atoms with E-state index >= 15 is 0 Å². The summed E-state index contributed by atoms with van der Waals surface area (Å²) in [4.78, 5) is 23.3. The lowest BCUT2D eigenvalue weighted by Crippen LogP contribution is -2.44. The third-order valence-electron chi connectivity index (χ3n) is 4.74. The molecular formula is C20H19FN5OPS. The van der Waals surface area contributed by atoms with Gasteiger partial charge < -0.3 is 11.1 Å². The van der Waals surface area contributed by atoms with E-state index in [0.717, 1.165) is 11.1 Å². The smallest absolute Gasteiger partial charge is 0.328 e. The Bertz CT molecular complexity index is 1120. The summed E-state index contributed by atoms with van der Waals surface area (Å²) in [5, 5.41) is 3.86. The van der Waals surface area contributed by atoms with Crippen LogP contribution in [0.2, 0.25) is 0 Å². The van der Waals surface area contributed by atoms with E-state index in [1.807, 2.05) is 31.4 Å². The molecule has 2 heterocycles. The number of anilines is 3. The van der Waals surface area contributed by atoms with Gasteiger partial charge in [-0.05, 0) is 42.2 Å². The first-order valence-corrected chi connectivity index (χ1v) is 10.6. The number of fused-ring (bicyclic) bond motifs is 1. The number of hydrogen-bond acceptors (Lipinski definition) is 5. The van der Waals surface area contributed by atoms with E-state index in [9.17, 15) is 9.18 Å². The van der Waals surface area contributed by atoms with Gasteiger partial charge in [0.25, 0.3) is 0 Å². The minimum absolute atomic E-state index is 0.150. The molecule has 1 aliphatic heterocycles. The molecule has 0 spiro atoms. The Morgan fingerprint density at radius 1 is 1.28 bits per heavy atom. The van der Waals surface area contributed by atoms with Gasteiger partial charge >= 0.3 is 6.03 Å². The molecule has 2 aromatic carbocycles. The van der Waals surface area contributed by atoms with Gasteiger partial charge in [0, 0.05) is 16.8 Å². The zero-order chi connectivity index (χ0) is 20.7. The Hall–Kier alpha value is -2.70. The maximum Gasteiger partial charge on any atom is 0.328 e. The molecule has 6 nitrogen and oxygen atoms in total. The van der Waals surface area contributed by atoms with Crippen LogP contribution in [0.3, 0.4) is 0 Å². The van der Waals surface area contributed by atoms with Crippen molar-refractivity contribution in [2.24, 2.45) is 0 Å². The van der Waals surface area contributed by atoms with Gasteiger partial charge in [-0.15, -0.1) is 9.24 Å². The van der Waals surface area contributed by atoms with Crippen LogP contribution in [0.25, 0.3) is 11.3 Å². The molecule has 0 fully saturated rings. The number of urea groups is 1. The van der Waals surface area contributed by atoms with E-state index in [0.29, 0.717) is 33.2 Å². The Balaban J connectivity index is 2.02. The number of benzene rings is 2. The van der Waals surface area contributed by atoms with E-state index in [4.69, 9.17) is 10.7 Å². The van der Waals surface area contributed by atoms with Gasteiger partial charge in [-0.3, -0.25) is 0 Å². The zero-order valence-electron chi connectivity index (χ0n) is 15.9. The molecule has 1 unspecified atom stereocenters. The standard InChI is InChI=1S/C20H19FN5OPS/c1-10-6-7-11(22)8-12(10)16-13-9-23-20(27)26(18(13)25-19(24-16)29-2)17-14(21)4-3-5-15(17)28/h3-8H,9,22,28H2,1-2H3,(H,23,27). The summed E-state index contributed by atoms with van der Waals surface area (Å²) in [5.41, 5.74) is 10.0. The highest BCUT2D eigenvalue weighted by Gasteiger charge is 2.33. The van der Waals surface area contributed by atoms with Crippen molar-refractivity contribution in [2.75, 3.05) is 16.9 Å². The number of para-hydroxylation sites is 1.